The summed E-state index contributed by atoms with van der Waals surface area (Å²) in [4.78, 5) is 25.0. The predicted octanol–water partition coefficient (Wildman–Crippen LogP) is 1.55. The van der Waals surface area contributed by atoms with E-state index in [9.17, 15) is 9.59 Å². The van der Waals surface area contributed by atoms with Crippen molar-refractivity contribution >= 4 is 12.0 Å². The number of urea groups is 1. The van der Waals surface area contributed by atoms with Gasteiger partial charge >= 0.3 is 12.0 Å². The second-order valence-corrected chi connectivity index (χ2v) is 6.43. The Bertz CT molecular complexity index is 388. The predicted molar refractivity (Wildman–Crippen MR) is 78.0 cm³/mol. The molecule has 1 aliphatic carbocycles. The number of piperidine rings is 1. The molecule has 21 heavy (non-hydrogen) atoms. The fraction of sp³-hybridized carbons (Fsp3) is 0.867. The summed E-state index contributed by atoms with van der Waals surface area (Å²) in [6.45, 7) is 3.55. The number of hydrogen-bond acceptors (Lipinski definition) is 3. The third kappa shape index (κ3) is 4.09. The van der Waals surface area contributed by atoms with E-state index in [0.717, 1.165) is 19.3 Å². The molecular weight excluding hydrogens is 272 g/mol. The number of ether oxygens (including phenoxy) is 1. The maximum atomic E-state index is 12.2. The Labute approximate surface area is 125 Å². The van der Waals surface area contributed by atoms with Gasteiger partial charge in [0.1, 0.15) is 0 Å². The van der Waals surface area contributed by atoms with Gasteiger partial charge in [0.2, 0.25) is 0 Å². The van der Waals surface area contributed by atoms with Crippen LogP contribution in [0.3, 0.4) is 0 Å². The molecule has 4 atom stereocenters. The van der Waals surface area contributed by atoms with Crippen LogP contribution in [0, 0.1) is 17.8 Å². The summed E-state index contributed by atoms with van der Waals surface area (Å²) in [6.07, 6.45) is 4.15. The van der Waals surface area contributed by atoms with Crippen molar-refractivity contribution in [3.63, 3.8) is 0 Å². The highest BCUT2D eigenvalue weighted by Crippen LogP contribution is 2.27. The number of carboxylic acids is 1. The highest BCUT2D eigenvalue weighted by molar-refractivity contribution is 5.76. The van der Waals surface area contributed by atoms with Gasteiger partial charge < -0.3 is 20.1 Å². The van der Waals surface area contributed by atoms with Crippen molar-refractivity contribution < 1.29 is 19.4 Å². The van der Waals surface area contributed by atoms with Crippen molar-refractivity contribution in [1.29, 1.82) is 0 Å². The van der Waals surface area contributed by atoms with E-state index in [1.807, 2.05) is 6.92 Å². The van der Waals surface area contributed by atoms with Crippen molar-refractivity contribution in [3.05, 3.63) is 0 Å². The standard InChI is InChI=1S/C15H26N2O4/c1-10-6-12(14(18)19)9-17(8-10)15(20)16-7-11-4-3-5-13(11)21-2/h10-13H,3-9H2,1-2H3,(H,16,20)(H,18,19). The first-order chi connectivity index (χ1) is 10.0. The van der Waals surface area contributed by atoms with Crippen LogP contribution < -0.4 is 5.32 Å². The molecule has 2 aliphatic rings. The molecule has 0 aromatic heterocycles. The highest BCUT2D eigenvalue weighted by atomic mass is 16.5. The molecule has 2 N–H and O–H groups in total. The van der Waals surface area contributed by atoms with Crippen LogP contribution >= 0.6 is 0 Å². The number of rotatable bonds is 4. The number of methoxy groups -OCH3 is 1. The summed E-state index contributed by atoms with van der Waals surface area (Å²) >= 11 is 0. The number of amides is 2. The molecule has 0 bridgehead atoms. The average molecular weight is 298 g/mol. The monoisotopic (exact) mass is 298 g/mol. The van der Waals surface area contributed by atoms with Crippen LogP contribution in [-0.4, -0.2) is 54.9 Å². The van der Waals surface area contributed by atoms with Crippen molar-refractivity contribution in [2.24, 2.45) is 17.8 Å². The van der Waals surface area contributed by atoms with Gasteiger partial charge in [-0.2, -0.15) is 0 Å². The molecule has 120 valence electrons. The van der Waals surface area contributed by atoms with E-state index >= 15 is 0 Å². The molecule has 2 fully saturated rings. The number of likely N-dealkylation sites (tertiary alicyclic amines) is 1. The Hall–Kier alpha value is -1.30. The van der Waals surface area contributed by atoms with Crippen molar-refractivity contribution in [3.8, 4) is 0 Å². The van der Waals surface area contributed by atoms with Gasteiger partial charge in [-0.25, -0.2) is 4.79 Å². The lowest BCUT2D eigenvalue weighted by atomic mass is 9.91. The summed E-state index contributed by atoms with van der Waals surface area (Å²) in [6, 6.07) is -0.144. The lowest BCUT2D eigenvalue weighted by Gasteiger charge is -2.35. The van der Waals surface area contributed by atoms with E-state index in [4.69, 9.17) is 9.84 Å². The van der Waals surface area contributed by atoms with E-state index in [2.05, 4.69) is 5.32 Å². The first kappa shape index (κ1) is 16.1. The number of nitrogens with one attached hydrogen (secondary N) is 1. The van der Waals surface area contributed by atoms with E-state index < -0.39 is 11.9 Å². The zero-order chi connectivity index (χ0) is 15.4. The average Bonchev–Trinajstić information content (AvgIpc) is 2.91. The SMILES string of the molecule is COC1CCCC1CNC(=O)N1CC(C)CC(C(=O)O)C1. The normalized spacial score (nSPS) is 33.0. The Kier molecular flexibility index (Phi) is 5.45. The van der Waals surface area contributed by atoms with Crippen LogP contribution in [0.15, 0.2) is 0 Å². The van der Waals surface area contributed by atoms with E-state index in [1.54, 1.807) is 12.0 Å². The molecular formula is C15H26N2O4. The Morgan fingerprint density at radius 3 is 2.76 bits per heavy atom. The van der Waals surface area contributed by atoms with E-state index in [1.165, 1.54) is 0 Å². The minimum atomic E-state index is -0.811. The minimum absolute atomic E-state index is 0.144. The maximum Gasteiger partial charge on any atom is 0.317 e. The van der Waals surface area contributed by atoms with E-state index in [0.29, 0.717) is 32.0 Å². The molecule has 6 heteroatoms. The lowest BCUT2D eigenvalue weighted by molar-refractivity contribution is -0.143. The maximum absolute atomic E-state index is 12.2. The minimum Gasteiger partial charge on any atom is -0.481 e. The fourth-order valence-corrected chi connectivity index (χ4v) is 3.57. The summed E-state index contributed by atoms with van der Waals surface area (Å²) in [5.74, 6) is -0.660. The van der Waals surface area contributed by atoms with Crippen LogP contribution in [-0.2, 0) is 9.53 Å². The smallest absolute Gasteiger partial charge is 0.317 e. The summed E-state index contributed by atoms with van der Waals surface area (Å²) in [7, 11) is 1.72. The fourth-order valence-electron chi connectivity index (χ4n) is 3.57. The Balaban J connectivity index is 1.83. The molecule has 0 radical (unpaired) electrons. The van der Waals surface area contributed by atoms with E-state index in [-0.39, 0.29) is 18.1 Å². The largest absolute Gasteiger partial charge is 0.481 e. The van der Waals surface area contributed by atoms with Crippen molar-refractivity contribution in [1.82, 2.24) is 10.2 Å². The first-order valence-electron chi connectivity index (χ1n) is 7.79. The molecule has 6 nitrogen and oxygen atoms in total. The van der Waals surface area contributed by atoms with Gasteiger partial charge in [-0.05, 0) is 25.2 Å². The van der Waals surface area contributed by atoms with Gasteiger partial charge in [0.15, 0.2) is 0 Å². The molecule has 0 aromatic rings. The van der Waals surface area contributed by atoms with Gasteiger partial charge in [-0.3, -0.25) is 4.79 Å². The summed E-state index contributed by atoms with van der Waals surface area (Å²) < 4.78 is 5.42. The van der Waals surface area contributed by atoms with Gasteiger partial charge in [0.25, 0.3) is 0 Å². The Morgan fingerprint density at radius 2 is 2.10 bits per heavy atom. The number of aliphatic carboxylic acids is 1. The second kappa shape index (κ2) is 7.11. The Morgan fingerprint density at radius 1 is 1.33 bits per heavy atom. The van der Waals surface area contributed by atoms with Gasteiger partial charge in [0.05, 0.1) is 12.0 Å². The second-order valence-electron chi connectivity index (χ2n) is 6.43. The molecule has 2 rings (SSSR count). The van der Waals surface area contributed by atoms with Gasteiger partial charge in [0, 0.05) is 32.7 Å². The molecule has 0 aromatic carbocycles. The molecule has 1 aliphatic heterocycles. The molecule has 1 saturated carbocycles. The van der Waals surface area contributed by atoms with Crippen LogP contribution in [0.2, 0.25) is 0 Å². The van der Waals surface area contributed by atoms with Gasteiger partial charge in [-0.15, -0.1) is 0 Å². The first-order valence-corrected chi connectivity index (χ1v) is 7.79. The van der Waals surface area contributed by atoms with Crippen LogP contribution in [0.5, 0.6) is 0 Å². The number of carbonyl (C=O) groups is 2. The zero-order valence-electron chi connectivity index (χ0n) is 12.9. The number of carbonyl (C=O) groups excluding carboxylic acids is 1. The lowest BCUT2D eigenvalue weighted by Crippen LogP contribution is -2.50. The highest BCUT2D eigenvalue weighted by Gasteiger charge is 2.33. The van der Waals surface area contributed by atoms with Crippen LogP contribution in [0.1, 0.15) is 32.6 Å². The molecule has 1 saturated heterocycles. The van der Waals surface area contributed by atoms with Crippen LogP contribution in [0.4, 0.5) is 4.79 Å². The number of carboxylic acid groups (broad SMARTS) is 1. The third-order valence-corrected chi connectivity index (χ3v) is 4.70. The third-order valence-electron chi connectivity index (χ3n) is 4.70. The summed E-state index contributed by atoms with van der Waals surface area (Å²) in [5, 5.41) is 12.1. The summed E-state index contributed by atoms with van der Waals surface area (Å²) in [5.41, 5.74) is 0. The van der Waals surface area contributed by atoms with Gasteiger partial charge in [-0.1, -0.05) is 13.3 Å². The zero-order valence-corrected chi connectivity index (χ0v) is 12.9. The molecule has 0 spiro atoms. The molecule has 1 heterocycles. The quantitative estimate of drug-likeness (QED) is 0.825. The van der Waals surface area contributed by atoms with Crippen molar-refractivity contribution in [2.45, 2.75) is 38.7 Å². The van der Waals surface area contributed by atoms with Crippen molar-refractivity contribution in [2.75, 3.05) is 26.7 Å². The number of hydrogen-bond donors (Lipinski definition) is 2. The number of nitrogens with zero attached hydrogens (tertiary/aromatic N) is 1. The van der Waals surface area contributed by atoms with Crippen LogP contribution in [0.25, 0.3) is 0 Å². The molecule has 4 unspecified atom stereocenters. The topological polar surface area (TPSA) is 78.9 Å². The molecule has 2 amide bonds.